The zero-order chi connectivity index (χ0) is 13.3. The Labute approximate surface area is 106 Å². The average Bonchev–Trinajstić information content (AvgIpc) is 2.73. The SMILES string of the molecule is Cn1ccc(CN2CC(CS(N)(=O)=O)CC2=O)n1. The molecule has 1 atom stereocenters. The van der Waals surface area contributed by atoms with Gasteiger partial charge in [-0.2, -0.15) is 5.10 Å². The Morgan fingerprint density at radius 2 is 2.28 bits per heavy atom. The Kier molecular flexibility index (Phi) is 3.40. The lowest BCUT2D eigenvalue weighted by Gasteiger charge is -2.14. The standard InChI is InChI=1S/C10H16N4O3S/c1-13-3-2-9(12-13)6-14-5-8(4-10(14)15)7-18(11,16)17/h2-3,8H,4-7H2,1H3,(H2,11,16,17). The summed E-state index contributed by atoms with van der Waals surface area (Å²) >= 11 is 0. The average molecular weight is 272 g/mol. The molecule has 1 unspecified atom stereocenters. The van der Waals surface area contributed by atoms with Gasteiger partial charge in [0, 0.05) is 32.1 Å². The molecule has 2 heterocycles. The van der Waals surface area contributed by atoms with Crippen molar-refractivity contribution >= 4 is 15.9 Å². The fourth-order valence-electron chi connectivity index (χ4n) is 2.19. The van der Waals surface area contributed by atoms with E-state index in [1.165, 1.54) is 0 Å². The summed E-state index contributed by atoms with van der Waals surface area (Å²) in [6.45, 7) is 0.840. The second-order valence-corrected chi connectivity index (χ2v) is 6.31. The molecule has 8 heteroatoms. The first-order valence-electron chi connectivity index (χ1n) is 5.60. The van der Waals surface area contributed by atoms with E-state index in [0.717, 1.165) is 5.69 Å². The molecule has 0 bridgehead atoms. The van der Waals surface area contributed by atoms with Gasteiger partial charge in [-0.15, -0.1) is 0 Å². The molecular weight excluding hydrogens is 256 g/mol. The van der Waals surface area contributed by atoms with Crippen molar-refractivity contribution in [1.29, 1.82) is 0 Å². The van der Waals surface area contributed by atoms with Crippen molar-refractivity contribution in [2.45, 2.75) is 13.0 Å². The number of hydrogen-bond donors (Lipinski definition) is 1. The van der Waals surface area contributed by atoms with Crippen LogP contribution in [0.25, 0.3) is 0 Å². The van der Waals surface area contributed by atoms with Crippen LogP contribution < -0.4 is 5.14 Å². The highest BCUT2D eigenvalue weighted by Crippen LogP contribution is 2.20. The molecule has 1 aliphatic heterocycles. The number of nitrogens with two attached hydrogens (primary N) is 1. The Morgan fingerprint density at radius 3 is 2.83 bits per heavy atom. The summed E-state index contributed by atoms with van der Waals surface area (Å²) in [5.74, 6) is -0.400. The van der Waals surface area contributed by atoms with Crippen LogP contribution >= 0.6 is 0 Å². The van der Waals surface area contributed by atoms with Crippen molar-refractivity contribution in [3.8, 4) is 0 Å². The minimum atomic E-state index is -3.52. The first kappa shape index (κ1) is 13.0. The molecule has 0 aliphatic carbocycles. The number of nitrogens with zero attached hydrogens (tertiary/aromatic N) is 3. The number of primary sulfonamides is 1. The van der Waals surface area contributed by atoms with Gasteiger partial charge in [0.1, 0.15) is 0 Å². The van der Waals surface area contributed by atoms with E-state index in [4.69, 9.17) is 5.14 Å². The lowest BCUT2D eigenvalue weighted by molar-refractivity contribution is -0.128. The van der Waals surface area contributed by atoms with Gasteiger partial charge in [0.15, 0.2) is 0 Å². The zero-order valence-electron chi connectivity index (χ0n) is 10.1. The Morgan fingerprint density at radius 1 is 1.56 bits per heavy atom. The van der Waals surface area contributed by atoms with Gasteiger partial charge in [-0.3, -0.25) is 9.48 Å². The topological polar surface area (TPSA) is 98.3 Å². The fourth-order valence-corrected chi connectivity index (χ4v) is 3.07. The number of aryl methyl sites for hydroxylation is 1. The molecular formula is C10H16N4O3S. The lowest BCUT2D eigenvalue weighted by atomic mass is 10.1. The fraction of sp³-hybridized carbons (Fsp3) is 0.600. The molecule has 1 aliphatic rings. The Bertz CT molecular complexity index is 551. The second-order valence-electron chi connectivity index (χ2n) is 4.65. The first-order chi connectivity index (χ1) is 8.33. The monoisotopic (exact) mass is 272 g/mol. The summed E-state index contributed by atoms with van der Waals surface area (Å²) in [7, 11) is -1.72. The minimum Gasteiger partial charge on any atom is -0.336 e. The highest BCUT2D eigenvalue weighted by molar-refractivity contribution is 7.89. The Balaban J connectivity index is 1.97. The van der Waals surface area contributed by atoms with E-state index in [9.17, 15) is 13.2 Å². The smallest absolute Gasteiger partial charge is 0.223 e. The number of likely N-dealkylation sites (tertiary alicyclic amines) is 1. The number of rotatable bonds is 4. The molecule has 0 spiro atoms. The van der Waals surface area contributed by atoms with Gasteiger partial charge in [-0.1, -0.05) is 0 Å². The van der Waals surface area contributed by atoms with Crippen LogP contribution in [-0.2, 0) is 28.4 Å². The maximum Gasteiger partial charge on any atom is 0.223 e. The third-order valence-corrected chi connectivity index (χ3v) is 3.82. The van der Waals surface area contributed by atoms with Crippen molar-refractivity contribution in [2.75, 3.05) is 12.3 Å². The van der Waals surface area contributed by atoms with E-state index in [1.54, 1.807) is 22.8 Å². The highest BCUT2D eigenvalue weighted by Gasteiger charge is 2.32. The number of carbonyl (C=O) groups is 1. The van der Waals surface area contributed by atoms with E-state index < -0.39 is 10.0 Å². The molecule has 100 valence electrons. The first-order valence-corrected chi connectivity index (χ1v) is 7.32. The Hall–Kier alpha value is -1.41. The van der Waals surface area contributed by atoms with Gasteiger partial charge >= 0.3 is 0 Å². The third kappa shape index (κ3) is 3.30. The minimum absolute atomic E-state index is 0.0469. The third-order valence-electron chi connectivity index (χ3n) is 2.88. The van der Waals surface area contributed by atoms with Gasteiger partial charge in [0.2, 0.25) is 15.9 Å². The molecule has 1 saturated heterocycles. The van der Waals surface area contributed by atoms with Gasteiger partial charge in [0.05, 0.1) is 18.0 Å². The van der Waals surface area contributed by atoms with Crippen LogP contribution in [0, 0.1) is 5.92 Å². The van der Waals surface area contributed by atoms with Crippen molar-refractivity contribution in [3.63, 3.8) is 0 Å². The molecule has 1 amide bonds. The van der Waals surface area contributed by atoms with Crippen LogP contribution in [0.1, 0.15) is 12.1 Å². The number of hydrogen-bond acceptors (Lipinski definition) is 4. The number of sulfonamides is 1. The van der Waals surface area contributed by atoms with E-state index in [0.29, 0.717) is 13.1 Å². The van der Waals surface area contributed by atoms with Gasteiger partial charge in [-0.05, 0) is 6.07 Å². The largest absolute Gasteiger partial charge is 0.336 e. The predicted octanol–water partition coefficient (Wildman–Crippen LogP) is -0.943. The molecule has 2 rings (SSSR count). The summed E-state index contributed by atoms with van der Waals surface area (Å²) in [6.07, 6.45) is 2.04. The summed E-state index contributed by atoms with van der Waals surface area (Å²) < 4.78 is 23.7. The number of carbonyl (C=O) groups excluding carboxylic acids is 1. The maximum absolute atomic E-state index is 11.7. The maximum atomic E-state index is 11.7. The quantitative estimate of drug-likeness (QED) is 0.764. The van der Waals surface area contributed by atoms with Gasteiger partial charge in [0.25, 0.3) is 0 Å². The van der Waals surface area contributed by atoms with Gasteiger partial charge < -0.3 is 4.90 Å². The van der Waals surface area contributed by atoms with Crippen molar-refractivity contribution in [3.05, 3.63) is 18.0 Å². The van der Waals surface area contributed by atoms with E-state index in [2.05, 4.69) is 5.10 Å². The molecule has 7 nitrogen and oxygen atoms in total. The van der Waals surface area contributed by atoms with E-state index in [-0.39, 0.29) is 24.0 Å². The molecule has 1 aromatic rings. The van der Waals surface area contributed by atoms with Gasteiger partial charge in [-0.25, -0.2) is 13.6 Å². The molecule has 1 aromatic heterocycles. The zero-order valence-corrected chi connectivity index (χ0v) is 10.9. The van der Waals surface area contributed by atoms with E-state index in [1.807, 2.05) is 6.07 Å². The summed E-state index contributed by atoms with van der Waals surface area (Å²) in [6, 6.07) is 1.83. The molecule has 1 fully saturated rings. The molecule has 18 heavy (non-hydrogen) atoms. The van der Waals surface area contributed by atoms with Crippen LogP contribution in [0.4, 0.5) is 0 Å². The van der Waals surface area contributed by atoms with Crippen LogP contribution in [0.3, 0.4) is 0 Å². The van der Waals surface area contributed by atoms with Crippen LogP contribution in [0.5, 0.6) is 0 Å². The summed E-state index contributed by atoms with van der Waals surface area (Å²) in [5, 5.41) is 9.18. The second kappa shape index (κ2) is 4.69. The van der Waals surface area contributed by atoms with Crippen molar-refractivity contribution < 1.29 is 13.2 Å². The van der Waals surface area contributed by atoms with Crippen molar-refractivity contribution in [1.82, 2.24) is 14.7 Å². The molecule has 0 aromatic carbocycles. The molecule has 0 radical (unpaired) electrons. The van der Waals surface area contributed by atoms with E-state index >= 15 is 0 Å². The summed E-state index contributed by atoms with van der Waals surface area (Å²) in [4.78, 5) is 13.4. The van der Waals surface area contributed by atoms with Crippen LogP contribution in [0.2, 0.25) is 0 Å². The highest BCUT2D eigenvalue weighted by atomic mass is 32.2. The number of aromatic nitrogens is 2. The lowest BCUT2D eigenvalue weighted by Crippen LogP contribution is -2.27. The summed E-state index contributed by atoms with van der Waals surface area (Å²) in [5.41, 5.74) is 0.794. The predicted molar refractivity (Wildman–Crippen MR) is 64.7 cm³/mol. The normalized spacial score (nSPS) is 20.7. The number of amides is 1. The molecule has 2 N–H and O–H groups in total. The van der Waals surface area contributed by atoms with Crippen LogP contribution in [0.15, 0.2) is 12.3 Å². The van der Waals surface area contributed by atoms with Crippen molar-refractivity contribution in [2.24, 2.45) is 18.1 Å². The molecule has 0 saturated carbocycles. The van der Waals surface area contributed by atoms with Crippen LogP contribution in [-0.4, -0.2) is 41.3 Å².